The van der Waals surface area contributed by atoms with E-state index in [2.05, 4.69) is 10.4 Å². The average molecular weight is 369 g/mol. The quantitative estimate of drug-likeness (QED) is 0.661. The first-order chi connectivity index (χ1) is 13.0. The van der Waals surface area contributed by atoms with Crippen LogP contribution >= 0.6 is 0 Å². The number of carbonyl (C=O) groups excluding carboxylic acids is 1. The summed E-state index contributed by atoms with van der Waals surface area (Å²) in [4.78, 5) is 25.5. The second kappa shape index (κ2) is 6.77. The molecule has 2 aliphatic heterocycles. The van der Waals surface area contributed by atoms with Crippen LogP contribution in [0.5, 0.6) is 0 Å². The van der Waals surface area contributed by atoms with Crippen molar-refractivity contribution in [2.24, 2.45) is 12.5 Å². The first-order valence-corrected chi connectivity index (χ1v) is 9.26. The first kappa shape index (κ1) is 17.7. The smallest absolute Gasteiger partial charge is 0.269 e. The Balaban J connectivity index is 1.55. The van der Waals surface area contributed by atoms with Crippen LogP contribution < -0.4 is 5.32 Å². The van der Waals surface area contributed by atoms with Crippen LogP contribution in [0, 0.1) is 15.5 Å². The molecule has 0 radical (unpaired) electrons. The molecule has 1 N–H and O–H groups in total. The maximum atomic E-state index is 13.1. The third-order valence-corrected chi connectivity index (χ3v) is 5.85. The van der Waals surface area contributed by atoms with Gasteiger partial charge >= 0.3 is 0 Å². The van der Waals surface area contributed by atoms with E-state index < -0.39 is 4.92 Å². The molecule has 0 bridgehead atoms. The van der Waals surface area contributed by atoms with Crippen molar-refractivity contribution >= 4 is 11.6 Å². The number of aryl methyl sites for hydroxylation is 1. The summed E-state index contributed by atoms with van der Waals surface area (Å²) in [5.41, 5.74) is 2.20. The van der Waals surface area contributed by atoms with Crippen molar-refractivity contribution in [2.45, 2.75) is 19.3 Å². The molecule has 2 aliphatic rings. The lowest BCUT2D eigenvalue weighted by Crippen LogP contribution is -2.44. The molecule has 2 saturated heterocycles. The molecular formula is C19H23N5O3. The number of aromatic nitrogens is 2. The molecule has 8 nitrogen and oxygen atoms in total. The van der Waals surface area contributed by atoms with Gasteiger partial charge in [-0.15, -0.1) is 0 Å². The lowest BCUT2D eigenvalue weighted by Gasteiger charge is -2.38. The van der Waals surface area contributed by atoms with Gasteiger partial charge in [0.15, 0.2) is 0 Å². The zero-order valence-electron chi connectivity index (χ0n) is 15.4. The second-order valence-electron chi connectivity index (χ2n) is 7.59. The number of hydrogen-bond acceptors (Lipinski definition) is 5. The van der Waals surface area contributed by atoms with Crippen LogP contribution in [0.15, 0.2) is 30.5 Å². The molecule has 2 aromatic rings. The number of rotatable bonds is 3. The number of non-ortho nitro benzene ring substituents is 1. The number of amides is 1. The number of piperidine rings is 1. The molecule has 1 spiro atoms. The van der Waals surface area contributed by atoms with Crippen molar-refractivity contribution in [1.82, 2.24) is 20.0 Å². The monoisotopic (exact) mass is 369 g/mol. The number of nitrogens with zero attached hydrogens (tertiary/aromatic N) is 4. The highest BCUT2D eigenvalue weighted by Crippen LogP contribution is 2.37. The minimum atomic E-state index is -0.435. The summed E-state index contributed by atoms with van der Waals surface area (Å²) < 4.78 is 1.62. The van der Waals surface area contributed by atoms with Gasteiger partial charge in [0.2, 0.25) is 0 Å². The average Bonchev–Trinajstić information content (AvgIpc) is 3.29. The Morgan fingerprint density at radius 1 is 1.22 bits per heavy atom. The lowest BCUT2D eigenvalue weighted by atomic mass is 9.78. The molecule has 1 aromatic heterocycles. The maximum Gasteiger partial charge on any atom is 0.269 e. The standard InChI is InChI=1S/C19H23N5O3/c1-22-12-16(17(21-22)14-2-4-15(5-3-14)24(26)27)18(25)23-10-7-19(8-11-23)6-9-20-13-19/h2-5,12,20H,6-11,13H2,1H3. The highest BCUT2D eigenvalue weighted by atomic mass is 16.6. The summed E-state index contributed by atoms with van der Waals surface area (Å²) in [5.74, 6) is -0.0164. The largest absolute Gasteiger partial charge is 0.338 e. The Kier molecular flexibility index (Phi) is 4.43. The summed E-state index contributed by atoms with van der Waals surface area (Å²) in [7, 11) is 1.78. The van der Waals surface area contributed by atoms with Crippen LogP contribution in [0.2, 0.25) is 0 Å². The van der Waals surface area contributed by atoms with Gasteiger partial charge in [-0.05, 0) is 43.4 Å². The fourth-order valence-corrected chi connectivity index (χ4v) is 4.18. The molecular weight excluding hydrogens is 346 g/mol. The molecule has 8 heteroatoms. The number of likely N-dealkylation sites (tertiary alicyclic amines) is 1. The lowest BCUT2D eigenvalue weighted by molar-refractivity contribution is -0.384. The molecule has 0 aliphatic carbocycles. The number of nitro groups is 1. The van der Waals surface area contributed by atoms with E-state index >= 15 is 0 Å². The van der Waals surface area contributed by atoms with Gasteiger partial charge < -0.3 is 10.2 Å². The van der Waals surface area contributed by atoms with Crippen molar-refractivity contribution in [2.75, 3.05) is 26.2 Å². The molecule has 27 heavy (non-hydrogen) atoms. The van der Waals surface area contributed by atoms with Gasteiger partial charge in [0, 0.05) is 50.6 Å². The topological polar surface area (TPSA) is 93.3 Å². The Morgan fingerprint density at radius 3 is 2.52 bits per heavy atom. The molecule has 4 rings (SSSR count). The van der Waals surface area contributed by atoms with E-state index in [9.17, 15) is 14.9 Å². The summed E-state index contributed by atoms with van der Waals surface area (Å²) in [6, 6.07) is 6.17. The molecule has 1 amide bonds. The summed E-state index contributed by atoms with van der Waals surface area (Å²) in [6.45, 7) is 3.64. The van der Waals surface area contributed by atoms with E-state index in [4.69, 9.17) is 0 Å². The van der Waals surface area contributed by atoms with Gasteiger partial charge in [-0.2, -0.15) is 5.10 Å². The molecule has 0 saturated carbocycles. The van der Waals surface area contributed by atoms with Crippen molar-refractivity contribution in [3.8, 4) is 11.3 Å². The molecule has 0 atom stereocenters. The Bertz CT molecular complexity index is 858. The zero-order valence-corrected chi connectivity index (χ0v) is 15.4. The number of nitro benzene ring substituents is 1. The van der Waals surface area contributed by atoms with Gasteiger partial charge in [-0.3, -0.25) is 19.6 Å². The van der Waals surface area contributed by atoms with Crippen LogP contribution in [0.1, 0.15) is 29.6 Å². The van der Waals surface area contributed by atoms with Crippen molar-refractivity contribution in [3.63, 3.8) is 0 Å². The van der Waals surface area contributed by atoms with E-state index in [1.54, 1.807) is 30.1 Å². The zero-order chi connectivity index (χ0) is 19.0. The third-order valence-electron chi connectivity index (χ3n) is 5.85. The molecule has 2 fully saturated rings. The molecule has 0 unspecified atom stereocenters. The van der Waals surface area contributed by atoms with Crippen LogP contribution in [0.25, 0.3) is 11.3 Å². The Hall–Kier alpha value is -2.74. The van der Waals surface area contributed by atoms with Crippen molar-refractivity contribution in [3.05, 3.63) is 46.1 Å². The Morgan fingerprint density at radius 2 is 1.93 bits per heavy atom. The van der Waals surface area contributed by atoms with Crippen molar-refractivity contribution in [1.29, 1.82) is 0 Å². The fourth-order valence-electron chi connectivity index (χ4n) is 4.18. The molecule has 3 heterocycles. The van der Waals surface area contributed by atoms with Gasteiger partial charge in [0.1, 0.15) is 5.69 Å². The summed E-state index contributed by atoms with van der Waals surface area (Å²) >= 11 is 0. The number of benzene rings is 1. The predicted molar refractivity (Wildman–Crippen MR) is 100 cm³/mol. The Labute approximate surface area is 157 Å². The molecule has 1 aromatic carbocycles. The fraction of sp³-hybridized carbons (Fsp3) is 0.474. The third kappa shape index (κ3) is 3.32. The van der Waals surface area contributed by atoms with Crippen LogP contribution in [-0.2, 0) is 7.05 Å². The summed E-state index contributed by atoms with van der Waals surface area (Å²) in [5, 5.41) is 18.7. The van der Waals surface area contributed by atoms with E-state index in [0.29, 0.717) is 22.2 Å². The number of nitrogens with one attached hydrogen (secondary N) is 1. The van der Waals surface area contributed by atoms with Crippen molar-refractivity contribution < 1.29 is 9.72 Å². The van der Waals surface area contributed by atoms with Gasteiger partial charge in [0.05, 0.1) is 10.5 Å². The minimum absolute atomic E-state index is 0.0164. The van der Waals surface area contributed by atoms with Gasteiger partial charge in [0.25, 0.3) is 11.6 Å². The second-order valence-corrected chi connectivity index (χ2v) is 7.59. The minimum Gasteiger partial charge on any atom is -0.338 e. The van der Waals surface area contributed by atoms with Gasteiger partial charge in [-0.1, -0.05) is 0 Å². The highest BCUT2D eigenvalue weighted by Gasteiger charge is 2.38. The normalized spacial score (nSPS) is 18.8. The predicted octanol–water partition coefficient (Wildman–Crippen LogP) is 2.21. The number of hydrogen-bond donors (Lipinski definition) is 1. The maximum absolute atomic E-state index is 13.1. The van der Waals surface area contributed by atoms with E-state index in [-0.39, 0.29) is 11.6 Å². The molecule has 142 valence electrons. The van der Waals surface area contributed by atoms with E-state index in [1.165, 1.54) is 18.6 Å². The van der Waals surface area contributed by atoms with E-state index in [0.717, 1.165) is 39.0 Å². The SMILES string of the molecule is Cn1cc(C(=O)N2CCC3(CCNC3)CC2)c(-c2ccc([N+](=O)[O-])cc2)n1. The first-order valence-electron chi connectivity index (χ1n) is 9.26. The van der Waals surface area contributed by atoms with Crippen LogP contribution in [-0.4, -0.2) is 51.7 Å². The van der Waals surface area contributed by atoms with E-state index in [1.807, 2.05) is 4.90 Å². The van der Waals surface area contributed by atoms with Crippen LogP contribution in [0.3, 0.4) is 0 Å². The van der Waals surface area contributed by atoms with Gasteiger partial charge in [-0.25, -0.2) is 0 Å². The summed E-state index contributed by atoms with van der Waals surface area (Å²) in [6.07, 6.45) is 4.98. The van der Waals surface area contributed by atoms with Crippen LogP contribution in [0.4, 0.5) is 5.69 Å². The number of carbonyl (C=O) groups is 1. The highest BCUT2D eigenvalue weighted by molar-refractivity contribution is 5.99.